The predicted molar refractivity (Wildman–Crippen MR) is 112 cm³/mol. The summed E-state index contributed by atoms with van der Waals surface area (Å²) < 4.78 is 12.7. The number of benzene rings is 1. The second kappa shape index (κ2) is 9.56. The van der Waals surface area contributed by atoms with E-state index in [1.165, 1.54) is 32.1 Å². The first-order valence-corrected chi connectivity index (χ1v) is 10.5. The maximum absolute atomic E-state index is 12.1. The Bertz CT molecular complexity index is 997. The monoisotopic (exact) mass is 409 g/mol. The zero-order chi connectivity index (χ0) is 20.8. The number of ether oxygens (including phenoxy) is 2. The first-order valence-electron chi connectivity index (χ1n) is 10.5. The van der Waals surface area contributed by atoms with Crippen LogP contribution in [-0.2, 0) is 4.79 Å². The van der Waals surface area contributed by atoms with E-state index in [1.54, 1.807) is 23.8 Å². The van der Waals surface area contributed by atoms with Gasteiger partial charge in [-0.15, -0.1) is 15.3 Å². The Balaban J connectivity index is 1.34. The van der Waals surface area contributed by atoms with Gasteiger partial charge in [0.05, 0.1) is 13.7 Å². The number of amides is 1. The van der Waals surface area contributed by atoms with Gasteiger partial charge in [0.15, 0.2) is 11.5 Å². The lowest BCUT2D eigenvalue weighted by molar-refractivity contribution is -0.122. The van der Waals surface area contributed by atoms with Crippen LogP contribution in [0, 0.1) is 5.92 Å². The summed E-state index contributed by atoms with van der Waals surface area (Å²) in [5.74, 6) is 2.43. The molecule has 0 bridgehead atoms. The molecule has 2 heterocycles. The topological polar surface area (TPSA) is 90.6 Å². The molecule has 0 unspecified atom stereocenters. The number of nitrogens with one attached hydrogen (secondary N) is 1. The summed E-state index contributed by atoms with van der Waals surface area (Å²) in [5.41, 5.74) is 1.47. The lowest BCUT2D eigenvalue weighted by Crippen LogP contribution is -2.30. The Morgan fingerprint density at radius 3 is 2.87 bits per heavy atom. The van der Waals surface area contributed by atoms with E-state index in [0.29, 0.717) is 42.8 Å². The Labute approximate surface area is 175 Å². The lowest BCUT2D eigenvalue weighted by Gasteiger charge is -2.20. The van der Waals surface area contributed by atoms with Crippen LogP contribution in [0.1, 0.15) is 38.5 Å². The second-order valence-electron chi connectivity index (χ2n) is 7.60. The van der Waals surface area contributed by atoms with E-state index in [2.05, 4.69) is 20.6 Å². The number of carbonyl (C=O) groups is 1. The number of fused-ring (bicyclic) bond motifs is 1. The fourth-order valence-electron chi connectivity index (χ4n) is 3.86. The van der Waals surface area contributed by atoms with Gasteiger partial charge in [0.25, 0.3) is 0 Å². The molecule has 1 aliphatic rings. The highest BCUT2D eigenvalue weighted by Gasteiger charge is 2.16. The smallest absolute Gasteiger partial charge is 0.231 e. The molecule has 1 saturated carbocycles. The van der Waals surface area contributed by atoms with Crippen LogP contribution in [0.3, 0.4) is 0 Å². The molecular weight excluding hydrogens is 382 g/mol. The molecule has 0 atom stereocenters. The first kappa shape index (κ1) is 20.1. The van der Waals surface area contributed by atoms with E-state index in [1.807, 2.05) is 24.3 Å². The lowest BCUT2D eigenvalue weighted by atomic mass is 9.87. The maximum atomic E-state index is 12.1. The molecule has 0 spiro atoms. The van der Waals surface area contributed by atoms with E-state index >= 15 is 0 Å². The second-order valence-corrected chi connectivity index (χ2v) is 7.60. The van der Waals surface area contributed by atoms with E-state index in [0.717, 1.165) is 11.3 Å². The van der Waals surface area contributed by atoms with Crippen LogP contribution in [0.2, 0.25) is 0 Å². The molecule has 1 aromatic carbocycles. The molecule has 1 amide bonds. The van der Waals surface area contributed by atoms with Gasteiger partial charge in [0.2, 0.25) is 11.8 Å². The molecule has 0 radical (unpaired) electrons. The number of aromatic nitrogens is 4. The van der Waals surface area contributed by atoms with Crippen molar-refractivity contribution >= 4 is 11.6 Å². The van der Waals surface area contributed by atoms with Crippen LogP contribution in [0.15, 0.2) is 36.4 Å². The molecule has 4 rings (SSSR count). The highest BCUT2D eigenvalue weighted by Crippen LogP contribution is 2.26. The summed E-state index contributed by atoms with van der Waals surface area (Å²) in [6.07, 6.45) is 6.75. The fraction of sp³-hybridized carbons (Fsp3) is 0.455. The fourth-order valence-corrected chi connectivity index (χ4v) is 3.86. The van der Waals surface area contributed by atoms with Crippen molar-refractivity contribution < 1.29 is 14.3 Å². The van der Waals surface area contributed by atoms with Crippen molar-refractivity contribution in [3.63, 3.8) is 0 Å². The number of nitrogens with zero attached hydrogens (tertiary/aromatic N) is 4. The Morgan fingerprint density at radius 2 is 2.03 bits per heavy atom. The molecule has 1 aliphatic carbocycles. The average Bonchev–Trinajstić information content (AvgIpc) is 3.21. The standard InChI is InChI=1S/C22H27N5O3/c1-29-18-9-5-8-17(15-18)22-25-24-19-10-11-21(26-27(19)22)30-13-12-23-20(28)14-16-6-3-2-4-7-16/h5,8-11,15-16H,2-4,6-7,12-14H2,1H3,(H,23,28). The van der Waals surface area contributed by atoms with Crippen molar-refractivity contribution in [1.29, 1.82) is 0 Å². The number of rotatable bonds is 8. The first-order chi connectivity index (χ1) is 14.7. The van der Waals surface area contributed by atoms with Crippen LogP contribution >= 0.6 is 0 Å². The summed E-state index contributed by atoms with van der Waals surface area (Å²) >= 11 is 0. The molecule has 1 fully saturated rings. The summed E-state index contributed by atoms with van der Waals surface area (Å²) in [6.45, 7) is 0.807. The van der Waals surface area contributed by atoms with Crippen LogP contribution in [-0.4, -0.2) is 46.0 Å². The quantitative estimate of drug-likeness (QED) is 0.574. The highest BCUT2D eigenvalue weighted by atomic mass is 16.5. The molecule has 3 aromatic rings. The molecule has 1 N–H and O–H groups in total. The highest BCUT2D eigenvalue weighted by molar-refractivity contribution is 5.76. The zero-order valence-corrected chi connectivity index (χ0v) is 17.2. The van der Waals surface area contributed by atoms with Gasteiger partial charge in [-0.1, -0.05) is 31.4 Å². The Hall–Kier alpha value is -3.16. The minimum atomic E-state index is 0.105. The third-order valence-corrected chi connectivity index (χ3v) is 5.44. The third kappa shape index (κ3) is 4.87. The summed E-state index contributed by atoms with van der Waals surface area (Å²) in [6, 6.07) is 11.1. The van der Waals surface area contributed by atoms with E-state index in [4.69, 9.17) is 9.47 Å². The molecule has 158 valence electrons. The van der Waals surface area contributed by atoms with Gasteiger partial charge in [0.1, 0.15) is 12.4 Å². The van der Waals surface area contributed by atoms with Crippen molar-refractivity contribution in [1.82, 2.24) is 25.1 Å². The summed E-state index contributed by atoms with van der Waals surface area (Å²) in [7, 11) is 1.62. The molecule has 2 aromatic heterocycles. The van der Waals surface area contributed by atoms with Crippen LogP contribution in [0.5, 0.6) is 11.6 Å². The summed E-state index contributed by atoms with van der Waals surface area (Å²) in [5, 5.41) is 15.8. The summed E-state index contributed by atoms with van der Waals surface area (Å²) in [4.78, 5) is 12.1. The average molecular weight is 409 g/mol. The molecular formula is C22H27N5O3. The molecule has 0 aliphatic heterocycles. The van der Waals surface area contributed by atoms with Crippen molar-refractivity contribution in [2.45, 2.75) is 38.5 Å². The van der Waals surface area contributed by atoms with Gasteiger partial charge in [0, 0.05) is 18.1 Å². The Kier molecular flexibility index (Phi) is 6.41. The van der Waals surface area contributed by atoms with Crippen molar-refractivity contribution in [3.05, 3.63) is 36.4 Å². The van der Waals surface area contributed by atoms with Crippen LogP contribution < -0.4 is 14.8 Å². The SMILES string of the molecule is COc1cccc(-c2nnc3ccc(OCCNC(=O)CC4CCCCC4)nn23)c1. The molecule has 8 nitrogen and oxygen atoms in total. The molecule has 8 heteroatoms. The minimum absolute atomic E-state index is 0.105. The van der Waals surface area contributed by atoms with Crippen LogP contribution in [0.25, 0.3) is 17.0 Å². The predicted octanol–water partition coefficient (Wildman–Crippen LogP) is 3.27. The Morgan fingerprint density at radius 1 is 1.17 bits per heavy atom. The number of hydrogen-bond acceptors (Lipinski definition) is 6. The van der Waals surface area contributed by atoms with Gasteiger partial charge in [-0.25, -0.2) is 0 Å². The van der Waals surface area contributed by atoms with Gasteiger partial charge in [-0.3, -0.25) is 4.79 Å². The van der Waals surface area contributed by atoms with Gasteiger partial charge in [-0.2, -0.15) is 4.52 Å². The minimum Gasteiger partial charge on any atom is -0.497 e. The zero-order valence-electron chi connectivity index (χ0n) is 17.2. The maximum Gasteiger partial charge on any atom is 0.231 e. The van der Waals surface area contributed by atoms with E-state index in [-0.39, 0.29) is 5.91 Å². The number of carbonyl (C=O) groups excluding carboxylic acids is 1. The van der Waals surface area contributed by atoms with Crippen LogP contribution in [0.4, 0.5) is 0 Å². The number of hydrogen-bond donors (Lipinski definition) is 1. The largest absolute Gasteiger partial charge is 0.497 e. The van der Waals surface area contributed by atoms with Crippen molar-refractivity contribution in [3.8, 4) is 23.0 Å². The van der Waals surface area contributed by atoms with Crippen molar-refractivity contribution in [2.24, 2.45) is 5.92 Å². The number of methoxy groups -OCH3 is 1. The van der Waals surface area contributed by atoms with Gasteiger partial charge in [-0.05, 0) is 37.0 Å². The van der Waals surface area contributed by atoms with E-state index < -0.39 is 0 Å². The van der Waals surface area contributed by atoms with Crippen molar-refractivity contribution in [2.75, 3.05) is 20.3 Å². The normalized spacial score (nSPS) is 14.6. The van der Waals surface area contributed by atoms with Gasteiger partial charge >= 0.3 is 0 Å². The van der Waals surface area contributed by atoms with E-state index in [9.17, 15) is 4.79 Å². The molecule has 30 heavy (non-hydrogen) atoms. The molecule has 0 saturated heterocycles. The van der Waals surface area contributed by atoms with Gasteiger partial charge < -0.3 is 14.8 Å². The third-order valence-electron chi connectivity index (χ3n) is 5.44.